The molecule has 0 aromatic carbocycles. The number of hydrogen-bond acceptors (Lipinski definition) is 2. The van der Waals surface area contributed by atoms with Crippen molar-refractivity contribution in [3.63, 3.8) is 0 Å². The van der Waals surface area contributed by atoms with E-state index in [1.54, 1.807) is 0 Å². The van der Waals surface area contributed by atoms with E-state index in [4.69, 9.17) is 4.74 Å². The molecule has 0 heterocycles. The predicted molar refractivity (Wildman–Crippen MR) is 216 cm³/mol. The van der Waals surface area contributed by atoms with Crippen molar-refractivity contribution < 1.29 is 9.53 Å². The molecule has 0 aliphatic heterocycles. The van der Waals surface area contributed by atoms with Crippen LogP contribution in [0.2, 0.25) is 0 Å². The fourth-order valence-electron chi connectivity index (χ4n) is 7.74. The lowest BCUT2D eigenvalue weighted by Gasteiger charge is -2.22. The molecule has 48 heavy (non-hydrogen) atoms. The fourth-order valence-corrected chi connectivity index (χ4v) is 7.74. The molecule has 0 aromatic rings. The monoisotopic (exact) mass is 675 g/mol. The SMILES string of the molecule is CCCCCC/C=C\CCCCCCCCCCC(C)CC(C)CC(C)CC(C)C(=O)OCCCCCCCCCCCCCCCC. The molecule has 4 unspecified atom stereocenters. The van der Waals surface area contributed by atoms with Crippen LogP contribution in [0.25, 0.3) is 0 Å². The summed E-state index contributed by atoms with van der Waals surface area (Å²) in [5.74, 6) is 2.20. The first-order valence-corrected chi connectivity index (χ1v) is 22.2. The molecule has 0 N–H and O–H groups in total. The van der Waals surface area contributed by atoms with Gasteiger partial charge in [0.2, 0.25) is 0 Å². The average Bonchev–Trinajstić information content (AvgIpc) is 3.05. The maximum absolute atomic E-state index is 12.6. The molecule has 0 bridgehead atoms. The third-order valence-corrected chi connectivity index (χ3v) is 10.7. The lowest BCUT2D eigenvalue weighted by atomic mass is 9.84. The molecule has 0 aliphatic rings. The van der Waals surface area contributed by atoms with Gasteiger partial charge in [0.25, 0.3) is 0 Å². The van der Waals surface area contributed by atoms with Crippen molar-refractivity contribution in [3.8, 4) is 0 Å². The number of allylic oxidation sites excluding steroid dienone is 2. The van der Waals surface area contributed by atoms with E-state index in [1.807, 2.05) is 0 Å². The van der Waals surface area contributed by atoms with Gasteiger partial charge in [-0.25, -0.2) is 0 Å². The first-order valence-electron chi connectivity index (χ1n) is 22.2. The molecule has 286 valence electrons. The Morgan fingerprint density at radius 2 is 0.792 bits per heavy atom. The molecule has 0 fully saturated rings. The number of carbonyl (C=O) groups is 1. The third kappa shape index (κ3) is 35.1. The lowest BCUT2D eigenvalue weighted by molar-refractivity contribution is -0.148. The predicted octanol–water partition coefficient (Wildman–Crippen LogP) is 16.2. The number of hydrogen-bond donors (Lipinski definition) is 0. The van der Waals surface area contributed by atoms with Crippen LogP contribution >= 0.6 is 0 Å². The van der Waals surface area contributed by atoms with Gasteiger partial charge in [-0.15, -0.1) is 0 Å². The van der Waals surface area contributed by atoms with Gasteiger partial charge in [-0.2, -0.15) is 0 Å². The molecule has 0 aromatic heterocycles. The summed E-state index contributed by atoms with van der Waals surface area (Å²) in [6.07, 6.45) is 48.1. The summed E-state index contributed by atoms with van der Waals surface area (Å²) in [5.41, 5.74) is 0. The second-order valence-electron chi connectivity index (χ2n) is 16.4. The Balaban J connectivity index is 3.62. The van der Waals surface area contributed by atoms with Gasteiger partial charge < -0.3 is 4.74 Å². The van der Waals surface area contributed by atoms with Gasteiger partial charge in [0.05, 0.1) is 12.5 Å². The first-order chi connectivity index (χ1) is 23.4. The summed E-state index contributed by atoms with van der Waals surface area (Å²) in [7, 11) is 0. The number of ether oxygens (including phenoxy) is 1. The van der Waals surface area contributed by atoms with Crippen LogP contribution in [0.3, 0.4) is 0 Å². The van der Waals surface area contributed by atoms with Crippen LogP contribution in [0.5, 0.6) is 0 Å². The number of carbonyl (C=O) groups excluding carboxylic acids is 1. The highest BCUT2D eigenvalue weighted by Crippen LogP contribution is 2.27. The van der Waals surface area contributed by atoms with Crippen LogP contribution < -0.4 is 0 Å². The van der Waals surface area contributed by atoms with Gasteiger partial charge in [-0.05, 0) is 69.1 Å². The van der Waals surface area contributed by atoms with Crippen LogP contribution in [-0.2, 0) is 9.53 Å². The molecule has 0 rings (SSSR count). The van der Waals surface area contributed by atoms with Crippen molar-refractivity contribution in [2.24, 2.45) is 23.7 Å². The van der Waals surface area contributed by atoms with Crippen LogP contribution in [-0.4, -0.2) is 12.6 Å². The normalized spacial score (nSPS) is 14.4. The van der Waals surface area contributed by atoms with Crippen molar-refractivity contribution >= 4 is 5.97 Å². The summed E-state index contributed by atoms with van der Waals surface area (Å²) in [6.45, 7) is 14.5. The molecular weight excluding hydrogens is 585 g/mol. The van der Waals surface area contributed by atoms with Gasteiger partial charge in [-0.3, -0.25) is 4.79 Å². The average molecular weight is 675 g/mol. The van der Waals surface area contributed by atoms with E-state index in [1.165, 1.54) is 193 Å². The minimum Gasteiger partial charge on any atom is -0.465 e. The van der Waals surface area contributed by atoms with E-state index in [2.05, 4.69) is 53.7 Å². The quantitative estimate of drug-likeness (QED) is 0.0370. The summed E-state index contributed by atoms with van der Waals surface area (Å²) in [5, 5.41) is 0. The maximum Gasteiger partial charge on any atom is 0.308 e. The van der Waals surface area contributed by atoms with Crippen LogP contribution in [0.15, 0.2) is 12.2 Å². The van der Waals surface area contributed by atoms with Crippen molar-refractivity contribution in [1.29, 1.82) is 0 Å². The van der Waals surface area contributed by atoms with E-state index >= 15 is 0 Å². The highest BCUT2D eigenvalue weighted by atomic mass is 16.5. The fraction of sp³-hybridized carbons (Fsp3) is 0.935. The zero-order valence-corrected chi connectivity index (χ0v) is 34.1. The number of unbranched alkanes of at least 4 members (excludes halogenated alkanes) is 25. The van der Waals surface area contributed by atoms with E-state index in [0.717, 1.165) is 24.7 Å². The summed E-state index contributed by atoms with van der Waals surface area (Å²) in [4.78, 5) is 12.6. The van der Waals surface area contributed by atoms with Crippen molar-refractivity contribution in [1.82, 2.24) is 0 Å². The van der Waals surface area contributed by atoms with Gasteiger partial charge >= 0.3 is 5.97 Å². The summed E-state index contributed by atoms with van der Waals surface area (Å²) in [6, 6.07) is 0. The van der Waals surface area contributed by atoms with Crippen molar-refractivity contribution in [2.75, 3.05) is 6.61 Å². The molecular formula is C46H90O2. The van der Waals surface area contributed by atoms with E-state index in [-0.39, 0.29) is 11.9 Å². The van der Waals surface area contributed by atoms with E-state index < -0.39 is 0 Å². The molecule has 4 atom stereocenters. The molecule has 0 saturated heterocycles. The summed E-state index contributed by atoms with van der Waals surface area (Å²) >= 11 is 0. The van der Waals surface area contributed by atoms with E-state index in [9.17, 15) is 4.79 Å². The molecule has 2 nitrogen and oxygen atoms in total. The summed E-state index contributed by atoms with van der Waals surface area (Å²) < 4.78 is 5.66. The Kier molecular flexibility index (Phi) is 36.8. The Hall–Kier alpha value is -0.790. The molecule has 0 amide bonds. The molecule has 0 aliphatic carbocycles. The van der Waals surface area contributed by atoms with E-state index in [0.29, 0.717) is 12.5 Å². The van der Waals surface area contributed by atoms with Crippen LogP contribution in [0.4, 0.5) is 0 Å². The van der Waals surface area contributed by atoms with Crippen LogP contribution in [0, 0.1) is 23.7 Å². The highest BCUT2D eigenvalue weighted by molar-refractivity contribution is 5.71. The molecule has 0 saturated carbocycles. The third-order valence-electron chi connectivity index (χ3n) is 10.7. The number of rotatable bonds is 38. The Bertz CT molecular complexity index is 669. The van der Waals surface area contributed by atoms with Gasteiger partial charge in [0.1, 0.15) is 0 Å². The zero-order chi connectivity index (χ0) is 35.3. The minimum absolute atomic E-state index is 0.0261. The number of esters is 1. The first kappa shape index (κ1) is 47.2. The lowest BCUT2D eigenvalue weighted by Crippen LogP contribution is -2.19. The highest BCUT2D eigenvalue weighted by Gasteiger charge is 2.20. The maximum atomic E-state index is 12.6. The second-order valence-corrected chi connectivity index (χ2v) is 16.4. The van der Waals surface area contributed by atoms with Gasteiger partial charge in [0, 0.05) is 0 Å². The molecule has 2 heteroatoms. The van der Waals surface area contributed by atoms with Crippen LogP contribution in [0.1, 0.15) is 247 Å². The Morgan fingerprint density at radius 1 is 0.438 bits per heavy atom. The molecule has 0 radical (unpaired) electrons. The second kappa shape index (κ2) is 37.5. The molecule has 0 spiro atoms. The van der Waals surface area contributed by atoms with Crippen molar-refractivity contribution in [2.45, 2.75) is 247 Å². The van der Waals surface area contributed by atoms with Crippen molar-refractivity contribution in [3.05, 3.63) is 12.2 Å². The minimum atomic E-state index is 0.0261. The largest absolute Gasteiger partial charge is 0.465 e. The van der Waals surface area contributed by atoms with Gasteiger partial charge in [-0.1, -0.05) is 208 Å². The topological polar surface area (TPSA) is 26.3 Å². The zero-order valence-electron chi connectivity index (χ0n) is 34.1. The Morgan fingerprint density at radius 3 is 1.27 bits per heavy atom. The standard InChI is InChI=1S/C46H90O2/c1-7-9-11-13-15-17-19-21-23-24-25-27-29-31-33-35-37-42(3)39-43(4)40-44(5)41-45(6)46(47)48-38-36-34-32-30-28-26-22-20-18-16-14-12-10-8-2/h17,19,42-45H,7-16,18,20-41H2,1-6H3/b19-17-. The Labute approximate surface area is 304 Å². The smallest absolute Gasteiger partial charge is 0.308 e. The van der Waals surface area contributed by atoms with Gasteiger partial charge in [0.15, 0.2) is 0 Å².